The third kappa shape index (κ3) is 2.43. The minimum absolute atomic E-state index is 0.00109. The molecule has 1 aliphatic carbocycles. The second-order valence-electron chi connectivity index (χ2n) is 4.81. The maximum atomic E-state index is 14.1. The van der Waals surface area contributed by atoms with Gasteiger partial charge in [0.05, 0.1) is 15.7 Å². The molecule has 0 bridgehead atoms. The van der Waals surface area contributed by atoms with Gasteiger partial charge in [0.2, 0.25) is 0 Å². The van der Waals surface area contributed by atoms with Crippen molar-refractivity contribution in [3.63, 3.8) is 0 Å². The molecule has 1 aromatic carbocycles. The summed E-state index contributed by atoms with van der Waals surface area (Å²) in [5.41, 5.74) is -0.928. The fourth-order valence-electron chi connectivity index (χ4n) is 2.00. The van der Waals surface area contributed by atoms with Crippen LogP contribution in [0.1, 0.15) is 25.3 Å². The van der Waals surface area contributed by atoms with Crippen molar-refractivity contribution in [2.24, 2.45) is 5.92 Å². The number of hydrogen-bond acceptors (Lipinski definition) is 3. The number of nitriles is 1. The van der Waals surface area contributed by atoms with Crippen molar-refractivity contribution >= 4 is 27.6 Å². The molecule has 0 amide bonds. The highest BCUT2D eigenvalue weighted by Crippen LogP contribution is 2.42. The Hall–Kier alpha value is -1.61. The quantitative estimate of drug-likeness (QED) is 0.891. The van der Waals surface area contributed by atoms with Gasteiger partial charge in [0.15, 0.2) is 5.82 Å². The number of nitrogens with one attached hydrogen (secondary N) is 1. The van der Waals surface area contributed by atoms with E-state index < -0.39 is 17.3 Å². The molecule has 0 radical (unpaired) electrons. The van der Waals surface area contributed by atoms with E-state index in [1.807, 2.05) is 6.07 Å². The molecule has 2 N–H and O–H groups in total. The number of hydrogen-bond donors (Lipinski definition) is 2. The number of carbonyl (C=O) groups is 1. The fraction of sp³-hybridized carbons (Fsp3) is 0.385. The second kappa shape index (κ2) is 4.82. The van der Waals surface area contributed by atoms with Crippen molar-refractivity contribution in [3.05, 3.63) is 28.0 Å². The van der Waals surface area contributed by atoms with E-state index in [-0.39, 0.29) is 21.6 Å². The van der Waals surface area contributed by atoms with Crippen molar-refractivity contribution in [3.8, 4) is 6.07 Å². The summed E-state index contributed by atoms with van der Waals surface area (Å²) < 4.78 is 14.1. The Morgan fingerprint density at radius 1 is 1.63 bits per heavy atom. The van der Waals surface area contributed by atoms with Gasteiger partial charge in [0, 0.05) is 0 Å². The maximum absolute atomic E-state index is 14.1. The standard InChI is InChI=1S/C13H12BrFN2O2/c1-13(12(18)19,8-3-4-8)17-9-5-2-7(6-16)10(14)11(9)15/h2,5,8,17H,3-4H2,1H3,(H,18,19). The van der Waals surface area contributed by atoms with Crippen molar-refractivity contribution in [1.82, 2.24) is 0 Å². The van der Waals surface area contributed by atoms with Gasteiger partial charge in [-0.05, 0) is 53.7 Å². The Labute approximate surface area is 118 Å². The second-order valence-corrected chi connectivity index (χ2v) is 5.60. The lowest BCUT2D eigenvalue weighted by Gasteiger charge is -2.27. The van der Waals surface area contributed by atoms with Crippen LogP contribution in [0.2, 0.25) is 0 Å². The summed E-state index contributed by atoms with van der Waals surface area (Å²) in [7, 11) is 0. The Morgan fingerprint density at radius 2 is 2.26 bits per heavy atom. The van der Waals surface area contributed by atoms with E-state index in [0.717, 1.165) is 12.8 Å². The number of nitrogens with zero attached hydrogens (tertiary/aromatic N) is 1. The highest BCUT2D eigenvalue weighted by atomic mass is 79.9. The molecule has 0 heterocycles. The third-order valence-electron chi connectivity index (χ3n) is 3.44. The van der Waals surface area contributed by atoms with Crippen LogP contribution in [0.4, 0.5) is 10.1 Å². The molecule has 1 aromatic rings. The largest absolute Gasteiger partial charge is 0.480 e. The van der Waals surface area contributed by atoms with E-state index in [4.69, 9.17) is 5.26 Å². The van der Waals surface area contributed by atoms with E-state index in [0.29, 0.717) is 0 Å². The van der Waals surface area contributed by atoms with Gasteiger partial charge in [-0.1, -0.05) is 0 Å². The van der Waals surface area contributed by atoms with Gasteiger partial charge in [-0.3, -0.25) is 0 Å². The third-order valence-corrected chi connectivity index (χ3v) is 4.21. The van der Waals surface area contributed by atoms with Crippen molar-refractivity contribution in [1.29, 1.82) is 5.26 Å². The Balaban J connectivity index is 2.36. The van der Waals surface area contributed by atoms with Gasteiger partial charge in [0.1, 0.15) is 11.6 Å². The smallest absolute Gasteiger partial charge is 0.329 e. The van der Waals surface area contributed by atoms with E-state index in [9.17, 15) is 14.3 Å². The average molecular weight is 327 g/mol. The van der Waals surface area contributed by atoms with Gasteiger partial charge >= 0.3 is 5.97 Å². The summed E-state index contributed by atoms with van der Waals surface area (Å²) in [6.45, 7) is 1.55. The number of halogens is 2. The summed E-state index contributed by atoms with van der Waals surface area (Å²) in [6, 6.07) is 4.69. The lowest BCUT2D eigenvalue weighted by molar-refractivity contribution is -0.142. The van der Waals surface area contributed by atoms with Crippen LogP contribution >= 0.6 is 15.9 Å². The van der Waals surface area contributed by atoms with Gasteiger partial charge < -0.3 is 10.4 Å². The first-order valence-corrected chi connectivity index (χ1v) is 6.59. The molecule has 100 valence electrons. The minimum Gasteiger partial charge on any atom is -0.480 e. The van der Waals surface area contributed by atoms with Crippen LogP contribution in [0.3, 0.4) is 0 Å². The zero-order valence-corrected chi connectivity index (χ0v) is 11.8. The van der Waals surface area contributed by atoms with Crippen molar-refractivity contribution in [2.45, 2.75) is 25.3 Å². The van der Waals surface area contributed by atoms with E-state index in [1.165, 1.54) is 12.1 Å². The summed E-state index contributed by atoms with van der Waals surface area (Å²) in [5, 5.41) is 20.9. The van der Waals surface area contributed by atoms with E-state index in [1.54, 1.807) is 6.92 Å². The molecule has 1 atom stereocenters. The number of carboxylic acid groups (broad SMARTS) is 1. The van der Waals surface area contributed by atoms with Gasteiger partial charge in [-0.25, -0.2) is 9.18 Å². The lowest BCUT2D eigenvalue weighted by atomic mass is 9.95. The molecule has 0 aliphatic heterocycles. The first kappa shape index (κ1) is 13.8. The molecule has 4 nitrogen and oxygen atoms in total. The van der Waals surface area contributed by atoms with Gasteiger partial charge in [-0.2, -0.15) is 5.26 Å². The molecular formula is C13H12BrFN2O2. The predicted molar refractivity (Wildman–Crippen MR) is 71.2 cm³/mol. The Kier molecular flexibility index (Phi) is 3.50. The topological polar surface area (TPSA) is 73.1 Å². The summed E-state index contributed by atoms with van der Waals surface area (Å²) in [5.74, 6) is -1.65. The number of carboxylic acids is 1. The maximum Gasteiger partial charge on any atom is 0.329 e. The molecule has 1 saturated carbocycles. The predicted octanol–water partition coefficient (Wildman–Crippen LogP) is 3.13. The zero-order chi connectivity index (χ0) is 14.2. The highest BCUT2D eigenvalue weighted by Gasteiger charge is 2.48. The monoisotopic (exact) mass is 326 g/mol. The normalized spacial score (nSPS) is 17.4. The number of anilines is 1. The highest BCUT2D eigenvalue weighted by molar-refractivity contribution is 9.10. The molecule has 2 rings (SSSR count). The SMILES string of the molecule is CC(Nc1ccc(C#N)c(Br)c1F)(C(=O)O)C1CC1. The molecule has 0 aromatic heterocycles. The molecule has 6 heteroatoms. The van der Waals surface area contributed by atoms with Crippen LogP contribution in [0.5, 0.6) is 0 Å². The molecule has 1 unspecified atom stereocenters. The first-order valence-electron chi connectivity index (χ1n) is 5.80. The Morgan fingerprint density at radius 3 is 2.74 bits per heavy atom. The van der Waals surface area contributed by atoms with E-state index in [2.05, 4.69) is 21.2 Å². The summed E-state index contributed by atoms with van der Waals surface area (Å²) >= 11 is 3.00. The van der Waals surface area contributed by atoms with Gasteiger partial charge in [-0.15, -0.1) is 0 Å². The minimum atomic E-state index is -1.19. The molecular weight excluding hydrogens is 315 g/mol. The first-order chi connectivity index (χ1) is 8.90. The Bertz CT molecular complexity index is 581. The molecule has 0 spiro atoms. The van der Waals surface area contributed by atoms with Crippen molar-refractivity contribution < 1.29 is 14.3 Å². The van der Waals surface area contributed by atoms with Crippen molar-refractivity contribution in [2.75, 3.05) is 5.32 Å². The van der Waals surface area contributed by atoms with Crippen LogP contribution in [0.15, 0.2) is 16.6 Å². The lowest BCUT2D eigenvalue weighted by Crippen LogP contribution is -2.45. The van der Waals surface area contributed by atoms with Crippen LogP contribution < -0.4 is 5.32 Å². The summed E-state index contributed by atoms with van der Waals surface area (Å²) in [4.78, 5) is 11.4. The molecule has 19 heavy (non-hydrogen) atoms. The summed E-state index contributed by atoms with van der Waals surface area (Å²) in [6.07, 6.45) is 1.63. The molecule has 0 saturated heterocycles. The molecule has 1 fully saturated rings. The molecule has 1 aliphatic rings. The fourth-order valence-corrected chi connectivity index (χ4v) is 2.44. The van der Waals surface area contributed by atoms with E-state index >= 15 is 0 Å². The number of aliphatic carboxylic acids is 1. The number of rotatable bonds is 4. The van der Waals surface area contributed by atoms with Crippen LogP contribution in [0.25, 0.3) is 0 Å². The van der Waals surface area contributed by atoms with Crippen LogP contribution in [0, 0.1) is 23.1 Å². The van der Waals surface area contributed by atoms with Gasteiger partial charge in [0.25, 0.3) is 0 Å². The zero-order valence-electron chi connectivity index (χ0n) is 10.2. The van der Waals surface area contributed by atoms with Crippen LogP contribution in [-0.4, -0.2) is 16.6 Å². The average Bonchev–Trinajstić information content (AvgIpc) is 3.19. The number of benzene rings is 1. The van der Waals surface area contributed by atoms with Crippen LogP contribution in [-0.2, 0) is 4.79 Å².